The fourth-order valence-electron chi connectivity index (χ4n) is 3.25. The molecule has 6 nitrogen and oxygen atoms in total. The topological polar surface area (TPSA) is 73.8 Å². The summed E-state index contributed by atoms with van der Waals surface area (Å²) in [7, 11) is 0. The minimum absolute atomic E-state index is 0.0940. The van der Waals surface area contributed by atoms with Crippen LogP contribution in [0, 0.1) is 13.8 Å². The van der Waals surface area contributed by atoms with E-state index in [2.05, 4.69) is 17.1 Å². The predicted octanol–water partition coefficient (Wildman–Crippen LogP) is 5.41. The molecule has 0 bridgehead atoms. The zero-order chi connectivity index (χ0) is 21.4. The molecular weight excluding hydrogens is 428 g/mol. The Morgan fingerprint density at radius 1 is 1.06 bits per heavy atom. The quantitative estimate of drug-likeness (QED) is 0.266. The Balaban J connectivity index is 1.55. The Bertz CT molecular complexity index is 1440. The molecule has 0 saturated carbocycles. The van der Waals surface area contributed by atoms with Crippen LogP contribution in [0.3, 0.4) is 0 Å². The third kappa shape index (κ3) is 3.80. The van der Waals surface area contributed by atoms with Gasteiger partial charge < -0.3 is 4.52 Å². The number of hydrogen-bond donors (Lipinski definition) is 0. The van der Waals surface area contributed by atoms with Crippen LogP contribution in [0.2, 0.25) is 0 Å². The number of aryl methyl sites for hydroxylation is 2. The van der Waals surface area contributed by atoms with Crippen molar-refractivity contribution < 1.29 is 4.52 Å². The summed E-state index contributed by atoms with van der Waals surface area (Å²) < 4.78 is 7.04. The summed E-state index contributed by atoms with van der Waals surface area (Å²) in [6, 6.07) is 15.3. The van der Waals surface area contributed by atoms with E-state index in [1.54, 1.807) is 15.9 Å². The van der Waals surface area contributed by atoms with E-state index in [1.165, 1.54) is 17.3 Å². The first kappa shape index (κ1) is 19.7. The van der Waals surface area contributed by atoms with Gasteiger partial charge in [0.05, 0.1) is 27.9 Å². The molecule has 0 radical (unpaired) electrons. The fourth-order valence-corrected chi connectivity index (χ4v) is 4.73. The molecule has 3 aromatic heterocycles. The van der Waals surface area contributed by atoms with Gasteiger partial charge in [0.15, 0.2) is 11.0 Å². The molecular formula is C23H18N4O2S2. The number of aromatic nitrogens is 4. The summed E-state index contributed by atoms with van der Waals surface area (Å²) in [5, 5.41) is 9.19. The van der Waals surface area contributed by atoms with Crippen molar-refractivity contribution in [3.63, 3.8) is 0 Å². The average molecular weight is 447 g/mol. The maximum Gasteiger partial charge on any atom is 0.266 e. The second-order valence-electron chi connectivity index (χ2n) is 7.14. The second-order valence-corrected chi connectivity index (χ2v) is 8.86. The molecule has 0 aliphatic carbocycles. The Morgan fingerprint density at radius 2 is 1.94 bits per heavy atom. The van der Waals surface area contributed by atoms with Crippen LogP contribution in [-0.4, -0.2) is 19.7 Å². The van der Waals surface area contributed by atoms with Gasteiger partial charge in [0, 0.05) is 5.38 Å². The molecule has 31 heavy (non-hydrogen) atoms. The van der Waals surface area contributed by atoms with Gasteiger partial charge in [-0.25, -0.2) is 4.98 Å². The zero-order valence-electron chi connectivity index (χ0n) is 16.9. The molecule has 0 atom stereocenters. The highest BCUT2D eigenvalue weighted by Gasteiger charge is 2.16. The Hall–Kier alpha value is -3.23. The van der Waals surface area contributed by atoms with Gasteiger partial charge in [0.2, 0.25) is 0 Å². The van der Waals surface area contributed by atoms with Crippen LogP contribution in [0.4, 0.5) is 0 Å². The monoisotopic (exact) mass is 446 g/mol. The highest BCUT2D eigenvalue weighted by atomic mass is 32.2. The average Bonchev–Trinajstić information content (AvgIpc) is 3.46. The van der Waals surface area contributed by atoms with Crippen LogP contribution in [0.15, 0.2) is 73.8 Å². The van der Waals surface area contributed by atoms with E-state index in [-0.39, 0.29) is 5.56 Å². The summed E-state index contributed by atoms with van der Waals surface area (Å²) in [6.07, 6.45) is 0. The van der Waals surface area contributed by atoms with Crippen LogP contribution in [-0.2, 0) is 5.75 Å². The number of rotatable bonds is 5. The first-order valence-corrected chi connectivity index (χ1v) is 11.6. The van der Waals surface area contributed by atoms with E-state index < -0.39 is 0 Å². The molecule has 0 spiro atoms. The van der Waals surface area contributed by atoms with Crippen LogP contribution in [0.5, 0.6) is 0 Å². The predicted molar refractivity (Wildman–Crippen MR) is 124 cm³/mol. The summed E-state index contributed by atoms with van der Waals surface area (Å²) in [4.78, 5) is 22.6. The van der Waals surface area contributed by atoms with E-state index in [0.29, 0.717) is 33.5 Å². The lowest BCUT2D eigenvalue weighted by Gasteiger charge is -2.14. The Morgan fingerprint density at radius 3 is 2.74 bits per heavy atom. The van der Waals surface area contributed by atoms with Gasteiger partial charge >= 0.3 is 0 Å². The highest BCUT2D eigenvalue weighted by Crippen LogP contribution is 2.26. The maximum atomic E-state index is 13.4. The fraction of sp³-hybridized carbons (Fsp3) is 0.130. The van der Waals surface area contributed by atoms with E-state index in [1.807, 2.05) is 66.2 Å². The molecule has 154 valence electrons. The number of nitrogens with zero attached hydrogens (tertiary/aromatic N) is 4. The summed E-state index contributed by atoms with van der Waals surface area (Å²) in [5.41, 5.74) is 4.57. The van der Waals surface area contributed by atoms with Crippen molar-refractivity contribution in [2.45, 2.75) is 24.8 Å². The lowest BCUT2D eigenvalue weighted by atomic mass is 10.1. The first-order chi connectivity index (χ1) is 15.1. The first-order valence-electron chi connectivity index (χ1n) is 9.67. The zero-order valence-corrected chi connectivity index (χ0v) is 18.5. The minimum Gasteiger partial charge on any atom is -0.334 e. The van der Waals surface area contributed by atoms with Gasteiger partial charge in [-0.2, -0.15) is 16.3 Å². The van der Waals surface area contributed by atoms with Gasteiger partial charge in [-0.15, -0.1) is 0 Å². The Labute approximate surface area is 186 Å². The molecule has 8 heteroatoms. The van der Waals surface area contributed by atoms with Gasteiger partial charge in [0.1, 0.15) is 0 Å². The van der Waals surface area contributed by atoms with Gasteiger partial charge in [0.25, 0.3) is 11.4 Å². The SMILES string of the molecule is Cc1ccc(-n2c(SCc3noc(-c4ccsc4)n3)nc3ccccc3c2=O)cc1C. The van der Waals surface area contributed by atoms with Gasteiger partial charge in [-0.3, -0.25) is 9.36 Å². The molecule has 5 aromatic rings. The Kier molecular flexibility index (Phi) is 5.17. The number of thiophene rings is 1. The van der Waals surface area contributed by atoms with E-state index in [4.69, 9.17) is 9.51 Å². The lowest BCUT2D eigenvalue weighted by molar-refractivity contribution is 0.425. The molecule has 5 rings (SSSR count). The number of thioether (sulfide) groups is 1. The lowest BCUT2D eigenvalue weighted by Crippen LogP contribution is -2.22. The number of benzene rings is 2. The third-order valence-electron chi connectivity index (χ3n) is 5.06. The van der Waals surface area contributed by atoms with Crippen molar-refractivity contribution in [1.29, 1.82) is 0 Å². The third-order valence-corrected chi connectivity index (χ3v) is 6.68. The van der Waals surface area contributed by atoms with Crippen molar-refractivity contribution >= 4 is 34.0 Å². The maximum absolute atomic E-state index is 13.4. The van der Waals surface area contributed by atoms with Crippen molar-refractivity contribution in [3.8, 4) is 17.1 Å². The standard InChI is InChI=1S/C23H18N4O2S2/c1-14-7-8-17(11-15(14)2)27-22(28)18-5-3-4-6-19(18)24-23(27)31-13-20-25-21(29-26-20)16-9-10-30-12-16/h3-12H,13H2,1-2H3. The second kappa shape index (κ2) is 8.13. The smallest absolute Gasteiger partial charge is 0.266 e. The van der Waals surface area contributed by atoms with Gasteiger partial charge in [-0.1, -0.05) is 35.1 Å². The van der Waals surface area contributed by atoms with Crippen LogP contribution < -0.4 is 5.56 Å². The number of fused-ring (bicyclic) bond motifs is 1. The van der Waals surface area contributed by atoms with E-state index in [0.717, 1.165) is 16.8 Å². The summed E-state index contributed by atoms with van der Waals surface area (Å²) in [6.45, 7) is 4.09. The van der Waals surface area contributed by atoms with Crippen LogP contribution >= 0.6 is 23.1 Å². The molecule has 0 saturated heterocycles. The summed E-state index contributed by atoms with van der Waals surface area (Å²) >= 11 is 2.99. The van der Waals surface area contributed by atoms with Crippen molar-refractivity contribution in [1.82, 2.24) is 19.7 Å². The van der Waals surface area contributed by atoms with Gasteiger partial charge in [-0.05, 0) is 60.7 Å². The highest BCUT2D eigenvalue weighted by molar-refractivity contribution is 7.98. The summed E-state index contributed by atoms with van der Waals surface area (Å²) in [5.74, 6) is 1.48. The molecule has 0 aliphatic rings. The molecule has 0 N–H and O–H groups in total. The molecule has 0 fully saturated rings. The molecule has 3 heterocycles. The molecule has 0 unspecified atom stereocenters. The van der Waals surface area contributed by atoms with E-state index in [9.17, 15) is 4.79 Å². The van der Waals surface area contributed by atoms with E-state index >= 15 is 0 Å². The van der Waals surface area contributed by atoms with Crippen LogP contribution in [0.25, 0.3) is 28.0 Å². The number of para-hydroxylation sites is 1. The molecule has 0 amide bonds. The van der Waals surface area contributed by atoms with Crippen LogP contribution in [0.1, 0.15) is 17.0 Å². The minimum atomic E-state index is -0.0940. The van der Waals surface area contributed by atoms with Crippen molar-refractivity contribution in [2.24, 2.45) is 0 Å². The normalized spacial score (nSPS) is 11.3. The number of hydrogen-bond acceptors (Lipinski definition) is 7. The molecule has 2 aromatic carbocycles. The molecule has 0 aliphatic heterocycles. The van der Waals surface area contributed by atoms with Crippen molar-refractivity contribution in [3.05, 3.63) is 86.6 Å². The largest absolute Gasteiger partial charge is 0.334 e. The van der Waals surface area contributed by atoms with Crippen molar-refractivity contribution in [2.75, 3.05) is 0 Å².